The Bertz CT molecular complexity index is 2060. The number of methoxy groups -OCH3 is 1. The summed E-state index contributed by atoms with van der Waals surface area (Å²) in [5, 5.41) is 9.99. The number of carbonyl (C=O) groups is 1. The molecule has 2 unspecified atom stereocenters. The number of hydrogen-bond donors (Lipinski definition) is 2. The second-order valence-electron chi connectivity index (χ2n) is 11.7. The topological polar surface area (TPSA) is 128 Å². The molecule has 11 nitrogen and oxygen atoms in total. The van der Waals surface area contributed by atoms with Crippen LogP contribution in [0.2, 0.25) is 0 Å². The average Bonchev–Trinajstić information content (AvgIpc) is 3.41. The van der Waals surface area contributed by atoms with Crippen molar-refractivity contribution in [3.8, 4) is 17.0 Å². The molecule has 2 atom stereocenters. The van der Waals surface area contributed by atoms with Gasteiger partial charge >= 0.3 is 0 Å². The Morgan fingerprint density at radius 2 is 1.83 bits per heavy atom. The first kappa shape index (κ1) is 33.6. The van der Waals surface area contributed by atoms with Crippen LogP contribution in [-0.4, -0.2) is 72.9 Å². The Morgan fingerprint density at radius 1 is 1.08 bits per heavy atom. The molecule has 252 valence electrons. The first-order chi connectivity index (χ1) is 22.9. The van der Waals surface area contributed by atoms with E-state index in [2.05, 4.69) is 44.9 Å². The van der Waals surface area contributed by atoms with Gasteiger partial charge in [-0.1, -0.05) is 6.08 Å². The van der Waals surface area contributed by atoms with Gasteiger partial charge in [-0.15, -0.1) is 11.8 Å². The van der Waals surface area contributed by atoms with Gasteiger partial charge in [0.2, 0.25) is 5.88 Å². The molecule has 0 bridgehead atoms. The summed E-state index contributed by atoms with van der Waals surface area (Å²) in [6.07, 6.45) is 6.07. The van der Waals surface area contributed by atoms with Crippen molar-refractivity contribution in [1.29, 1.82) is 0 Å². The van der Waals surface area contributed by atoms with Crippen LogP contribution in [-0.2, 0) is 26.6 Å². The molecule has 0 aliphatic carbocycles. The van der Waals surface area contributed by atoms with Crippen LogP contribution < -0.4 is 14.8 Å². The highest BCUT2D eigenvalue weighted by atomic mass is 32.2. The molecule has 2 aliphatic heterocycles. The van der Waals surface area contributed by atoms with Gasteiger partial charge < -0.3 is 14.8 Å². The zero-order chi connectivity index (χ0) is 34.2. The lowest BCUT2D eigenvalue weighted by atomic mass is 10.0. The summed E-state index contributed by atoms with van der Waals surface area (Å²) in [4.78, 5) is 20.6. The Hall–Kier alpha value is -4.31. The zero-order valence-electron chi connectivity index (χ0n) is 26.7. The molecule has 4 heterocycles. The van der Waals surface area contributed by atoms with Gasteiger partial charge in [-0.3, -0.25) is 19.1 Å². The van der Waals surface area contributed by atoms with Gasteiger partial charge in [0.05, 0.1) is 36.7 Å². The van der Waals surface area contributed by atoms with E-state index in [0.717, 1.165) is 31.8 Å². The van der Waals surface area contributed by atoms with Crippen molar-refractivity contribution in [2.75, 3.05) is 36.8 Å². The van der Waals surface area contributed by atoms with E-state index in [9.17, 15) is 22.0 Å². The number of nitrogens with zero attached hydrogens (tertiary/aromatic N) is 4. The largest absolute Gasteiger partial charge is 0.480 e. The van der Waals surface area contributed by atoms with E-state index < -0.39 is 26.6 Å². The van der Waals surface area contributed by atoms with Crippen LogP contribution in [0.4, 0.5) is 20.2 Å². The summed E-state index contributed by atoms with van der Waals surface area (Å²) in [7, 11) is -1.40. The summed E-state index contributed by atoms with van der Waals surface area (Å²) in [5.74, 6) is -2.47. The van der Waals surface area contributed by atoms with E-state index in [4.69, 9.17) is 9.47 Å². The Balaban J connectivity index is 1.24. The Kier molecular flexibility index (Phi) is 9.56. The Labute approximate surface area is 281 Å². The van der Waals surface area contributed by atoms with Crippen LogP contribution in [0.15, 0.2) is 75.6 Å². The Morgan fingerprint density at radius 3 is 2.52 bits per heavy atom. The van der Waals surface area contributed by atoms with Gasteiger partial charge in [0, 0.05) is 55.5 Å². The highest BCUT2D eigenvalue weighted by Crippen LogP contribution is 2.36. The second kappa shape index (κ2) is 13.7. The van der Waals surface area contributed by atoms with Gasteiger partial charge in [-0.25, -0.2) is 22.2 Å². The maximum Gasteiger partial charge on any atom is 0.264 e. The molecule has 1 saturated heterocycles. The van der Waals surface area contributed by atoms with Crippen molar-refractivity contribution in [2.24, 2.45) is 7.05 Å². The number of ether oxygens (including phenoxy) is 2. The van der Waals surface area contributed by atoms with Crippen LogP contribution >= 0.6 is 11.8 Å². The van der Waals surface area contributed by atoms with Gasteiger partial charge in [-0.2, -0.15) is 5.10 Å². The summed E-state index contributed by atoms with van der Waals surface area (Å²) < 4.78 is 69.0. The number of fused-ring (bicyclic) bond motifs is 1. The third-order valence-electron chi connectivity index (χ3n) is 7.99. The SMILES string of the molecule is COc1ncc(-c2cc(NC(=O)C3=CSC(CN4CC(C)OC(C)C4)=CC3)c3cnn(C)c3c2)cc1NS(=O)(=O)c1ccc(F)cc1F. The molecule has 1 fully saturated rings. The molecule has 0 saturated carbocycles. The minimum atomic E-state index is -4.48. The molecule has 2 aromatic heterocycles. The number of rotatable bonds is 9. The first-order valence-corrected chi connectivity index (χ1v) is 17.5. The lowest BCUT2D eigenvalue weighted by Crippen LogP contribution is -2.45. The van der Waals surface area contributed by atoms with Gasteiger partial charge in [0.15, 0.2) is 0 Å². The van der Waals surface area contributed by atoms with Crippen molar-refractivity contribution in [1.82, 2.24) is 19.7 Å². The molecule has 15 heteroatoms. The molecule has 2 aliphatic rings. The van der Waals surface area contributed by atoms with Crippen LogP contribution in [0.5, 0.6) is 5.88 Å². The number of anilines is 2. The van der Waals surface area contributed by atoms with Crippen molar-refractivity contribution < 1.29 is 31.5 Å². The summed E-state index contributed by atoms with van der Waals surface area (Å²) in [6.45, 7) is 6.68. The first-order valence-electron chi connectivity index (χ1n) is 15.1. The fourth-order valence-electron chi connectivity index (χ4n) is 5.81. The van der Waals surface area contributed by atoms with E-state index in [1.165, 1.54) is 24.3 Å². The molecule has 0 spiro atoms. The van der Waals surface area contributed by atoms with E-state index >= 15 is 0 Å². The number of benzene rings is 2. The van der Waals surface area contributed by atoms with Crippen LogP contribution in [0, 0.1) is 11.6 Å². The lowest BCUT2D eigenvalue weighted by molar-refractivity contribution is -0.112. The number of aryl methyl sites for hydroxylation is 1. The number of halogens is 2. The van der Waals surface area contributed by atoms with Gasteiger partial charge in [0.1, 0.15) is 22.2 Å². The van der Waals surface area contributed by atoms with E-state index in [-0.39, 0.29) is 29.7 Å². The number of hydrogen-bond acceptors (Lipinski definition) is 9. The maximum absolute atomic E-state index is 14.4. The molecule has 4 aromatic rings. The van der Waals surface area contributed by atoms with Crippen molar-refractivity contribution in [3.05, 3.63) is 82.4 Å². The number of allylic oxidation sites excluding steroid dienone is 1. The standard InChI is InChI=1S/C33H34F2N6O5S2/c1-19-15-41(16-20(2)46-19)17-25-7-5-21(18-47-25)32(42)38-28-9-22(11-30-26(28)14-37-40(30)3)23-10-29(33(45-4)36-13-23)39-48(43,44)31-8-6-24(34)12-27(31)35/h6-14,18-20,39H,5,15-17H2,1-4H3,(H,38,42). The van der Waals surface area contributed by atoms with Crippen LogP contribution in [0.25, 0.3) is 22.0 Å². The zero-order valence-corrected chi connectivity index (χ0v) is 28.3. The third kappa shape index (κ3) is 7.23. The number of amides is 1. The maximum atomic E-state index is 14.4. The van der Waals surface area contributed by atoms with Crippen molar-refractivity contribution >= 4 is 50.0 Å². The predicted octanol–water partition coefficient (Wildman–Crippen LogP) is 5.68. The lowest BCUT2D eigenvalue weighted by Gasteiger charge is -2.35. The highest BCUT2D eigenvalue weighted by Gasteiger charge is 2.25. The van der Waals surface area contributed by atoms with Crippen molar-refractivity contribution in [2.45, 2.75) is 37.4 Å². The molecular formula is C33H34F2N6O5S2. The number of aromatic nitrogens is 3. The smallest absolute Gasteiger partial charge is 0.264 e. The predicted molar refractivity (Wildman–Crippen MR) is 181 cm³/mol. The second-order valence-corrected chi connectivity index (χ2v) is 14.4. The van der Waals surface area contributed by atoms with Gasteiger partial charge in [0.25, 0.3) is 15.9 Å². The van der Waals surface area contributed by atoms with Crippen LogP contribution in [0.3, 0.4) is 0 Å². The van der Waals surface area contributed by atoms with E-state index in [1.54, 1.807) is 35.8 Å². The minimum absolute atomic E-state index is 0.0632. The summed E-state index contributed by atoms with van der Waals surface area (Å²) in [5.41, 5.74) is 2.82. The third-order valence-corrected chi connectivity index (χ3v) is 10.4. The number of sulfonamides is 1. The van der Waals surface area contributed by atoms with Crippen molar-refractivity contribution in [3.63, 3.8) is 0 Å². The minimum Gasteiger partial charge on any atom is -0.480 e. The average molecular weight is 697 g/mol. The van der Waals surface area contributed by atoms with Crippen LogP contribution in [0.1, 0.15) is 20.3 Å². The monoisotopic (exact) mass is 696 g/mol. The fourth-order valence-corrected chi connectivity index (χ4v) is 7.85. The number of pyridine rings is 1. The summed E-state index contributed by atoms with van der Waals surface area (Å²) in [6, 6.07) is 7.24. The van der Waals surface area contributed by atoms with E-state index in [0.29, 0.717) is 45.8 Å². The molecule has 0 radical (unpaired) electrons. The molecule has 6 rings (SSSR count). The van der Waals surface area contributed by atoms with E-state index in [1.807, 2.05) is 11.5 Å². The summed E-state index contributed by atoms with van der Waals surface area (Å²) >= 11 is 1.54. The fraction of sp³-hybridized carbons (Fsp3) is 0.303. The number of morpholine rings is 1. The normalized spacial score (nSPS) is 18.7. The molecular weight excluding hydrogens is 663 g/mol. The molecule has 1 amide bonds. The van der Waals surface area contributed by atoms with Gasteiger partial charge in [-0.05, 0) is 66.5 Å². The molecule has 48 heavy (non-hydrogen) atoms. The number of carbonyl (C=O) groups excluding carboxylic acids is 1. The molecule has 2 N–H and O–H groups in total. The number of nitrogens with one attached hydrogen (secondary N) is 2. The number of thioether (sulfide) groups is 1. The quantitative estimate of drug-likeness (QED) is 0.227. The highest BCUT2D eigenvalue weighted by molar-refractivity contribution is 8.05. The molecule has 2 aromatic carbocycles.